The number of rotatable bonds is 4. The Bertz CT molecular complexity index is 602. The van der Waals surface area contributed by atoms with Gasteiger partial charge in [0, 0.05) is 6.04 Å². The summed E-state index contributed by atoms with van der Waals surface area (Å²) in [7, 11) is 3.81. The molecule has 1 aliphatic carbocycles. The molecule has 0 radical (unpaired) electrons. The largest absolute Gasteiger partial charge is 0.497 e. The van der Waals surface area contributed by atoms with E-state index in [0.717, 1.165) is 11.7 Å². The number of benzene rings is 2. The van der Waals surface area contributed by atoms with Gasteiger partial charge in [0.1, 0.15) is 5.75 Å². The SMILES string of the molecule is CNC(c1ccc2cc(OC)ccc2c1)C1CCCCC1. The van der Waals surface area contributed by atoms with E-state index in [1.54, 1.807) is 7.11 Å². The van der Waals surface area contributed by atoms with Crippen molar-refractivity contribution in [2.24, 2.45) is 5.92 Å². The monoisotopic (exact) mass is 283 g/mol. The van der Waals surface area contributed by atoms with Gasteiger partial charge in [0.15, 0.2) is 0 Å². The van der Waals surface area contributed by atoms with Crippen LogP contribution < -0.4 is 10.1 Å². The molecule has 21 heavy (non-hydrogen) atoms. The molecule has 2 aromatic carbocycles. The Morgan fingerprint density at radius 1 is 1.00 bits per heavy atom. The summed E-state index contributed by atoms with van der Waals surface area (Å²) >= 11 is 0. The van der Waals surface area contributed by atoms with Crippen molar-refractivity contribution in [3.05, 3.63) is 42.0 Å². The van der Waals surface area contributed by atoms with Crippen LogP contribution >= 0.6 is 0 Å². The van der Waals surface area contributed by atoms with E-state index in [1.807, 2.05) is 6.07 Å². The maximum absolute atomic E-state index is 5.30. The van der Waals surface area contributed by atoms with E-state index in [4.69, 9.17) is 4.74 Å². The second-order valence-corrected chi connectivity index (χ2v) is 6.14. The van der Waals surface area contributed by atoms with Gasteiger partial charge in [0.2, 0.25) is 0 Å². The average molecular weight is 283 g/mol. The van der Waals surface area contributed by atoms with Gasteiger partial charge in [-0.3, -0.25) is 0 Å². The van der Waals surface area contributed by atoms with Gasteiger partial charge in [-0.05, 0) is 60.3 Å². The van der Waals surface area contributed by atoms with Crippen LogP contribution in [0.1, 0.15) is 43.7 Å². The van der Waals surface area contributed by atoms with E-state index in [1.165, 1.54) is 48.4 Å². The van der Waals surface area contributed by atoms with Gasteiger partial charge in [-0.2, -0.15) is 0 Å². The van der Waals surface area contributed by atoms with E-state index in [2.05, 4.69) is 42.7 Å². The predicted molar refractivity (Wildman–Crippen MR) is 88.9 cm³/mol. The minimum atomic E-state index is 0.483. The molecule has 0 heterocycles. The Morgan fingerprint density at radius 2 is 1.71 bits per heavy atom. The minimum Gasteiger partial charge on any atom is -0.497 e. The van der Waals surface area contributed by atoms with Crippen molar-refractivity contribution in [1.82, 2.24) is 5.32 Å². The topological polar surface area (TPSA) is 21.3 Å². The van der Waals surface area contributed by atoms with Crippen molar-refractivity contribution < 1.29 is 4.74 Å². The molecule has 2 aromatic rings. The fraction of sp³-hybridized carbons (Fsp3) is 0.474. The molecule has 1 N–H and O–H groups in total. The van der Waals surface area contributed by atoms with Crippen LogP contribution in [0.25, 0.3) is 10.8 Å². The number of nitrogens with one attached hydrogen (secondary N) is 1. The lowest BCUT2D eigenvalue weighted by molar-refractivity contribution is 0.282. The average Bonchev–Trinajstić information content (AvgIpc) is 2.56. The predicted octanol–water partition coefficient (Wildman–Crippen LogP) is 4.69. The van der Waals surface area contributed by atoms with E-state index in [9.17, 15) is 0 Å². The Balaban J connectivity index is 1.91. The zero-order valence-electron chi connectivity index (χ0n) is 13.1. The molecule has 2 heteroatoms. The van der Waals surface area contributed by atoms with E-state index < -0.39 is 0 Å². The number of hydrogen-bond acceptors (Lipinski definition) is 2. The third-order valence-corrected chi connectivity index (χ3v) is 4.86. The van der Waals surface area contributed by atoms with Gasteiger partial charge in [-0.15, -0.1) is 0 Å². The van der Waals surface area contributed by atoms with E-state index >= 15 is 0 Å². The summed E-state index contributed by atoms with van der Waals surface area (Å²) in [6, 6.07) is 13.6. The first-order valence-electron chi connectivity index (χ1n) is 8.07. The van der Waals surface area contributed by atoms with Gasteiger partial charge < -0.3 is 10.1 Å². The van der Waals surface area contributed by atoms with Crippen LogP contribution in [0.2, 0.25) is 0 Å². The molecular weight excluding hydrogens is 258 g/mol. The van der Waals surface area contributed by atoms with E-state index in [0.29, 0.717) is 6.04 Å². The summed E-state index contributed by atoms with van der Waals surface area (Å²) in [5, 5.41) is 6.09. The molecule has 0 bridgehead atoms. The van der Waals surface area contributed by atoms with Crippen LogP contribution in [0.5, 0.6) is 5.75 Å². The van der Waals surface area contributed by atoms with E-state index in [-0.39, 0.29) is 0 Å². The molecule has 2 nitrogen and oxygen atoms in total. The number of methoxy groups -OCH3 is 1. The molecule has 0 amide bonds. The lowest BCUT2D eigenvalue weighted by Crippen LogP contribution is -2.26. The number of hydrogen-bond donors (Lipinski definition) is 1. The Morgan fingerprint density at radius 3 is 2.43 bits per heavy atom. The Labute approximate surface area is 127 Å². The van der Waals surface area contributed by atoms with Crippen LogP contribution in [0.4, 0.5) is 0 Å². The zero-order valence-corrected chi connectivity index (χ0v) is 13.1. The van der Waals surface area contributed by atoms with Crippen molar-refractivity contribution >= 4 is 10.8 Å². The summed E-state index contributed by atoms with van der Waals surface area (Å²) in [6.45, 7) is 0. The molecule has 0 saturated heterocycles. The molecule has 1 saturated carbocycles. The van der Waals surface area contributed by atoms with Crippen molar-refractivity contribution in [1.29, 1.82) is 0 Å². The third kappa shape index (κ3) is 3.06. The molecule has 0 aliphatic heterocycles. The smallest absolute Gasteiger partial charge is 0.119 e. The zero-order chi connectivity index (χ0) is 14.7. The maximum atomic E-state index is 5.30. The first-order valence-corrected chi connectivity index (χ1v) is 8.07. The van der Waals surface area contributed by atoms with Crippen LogP contribution in [0, 0.1) is 5.92 Å². The normalized spacial score (nSPS) is 17.8. The van der Waals surface area contributed by atoms with Crippen molar-refractivity contribution in [2.75, 3.05) is 14.2 Å². The highest BCUT2D eigenvalue weighted by atomic mass is 16.5. The van der Waals surface area contributed by atoms with Gasteiger partial charge in [0.25, 0.3) is 0 Å². The van der Waals surface area contributed by atoms with Crippen molar-refractivity contribution in [3.8, 4) is 5.75 Å². The summed E-state index contributed by atoms with van der Waals surface area (Å²) in [4.78, 5) is 0. The van der Waals surface area contributed by atoms with Crippen LogP contribution in [-0.2, 0) is 0 Å². The second kappa shape index (κ2) is 6.48. The van der Waals surface area contributed by atoms with Crippen molar-refractivity contribution in [2.45, 2.75) is 38.1 Å². The Kier molecular flexibility index (Phi) is 4.45. The molecule has 1 aliphatic rings. The molecule has 3 rings (SSSR count). The summed E-state index contributed by atoms with van der Waals surface area (Å²) < 4.78 is 5.30. The summed E-state index contributed by atoms with van der Waals surface area (Å²) in [5.74, 6) is 1.70. The highest BCUT2D eigenvalue weighted by molar-refractivity contribution is 5.84. The van der Waals surface area contributed by atoms with Crippen LogP contribution in [0.15, 0.2) is 36.4 Å². The fourth-order valence-electron chi connectivity index (χ4n) is 3.70. The number of ether oxygens (including phenoxy) is 1. The third-order valence-electron chi connectivity index (χ3n) is 4.86. The molecule has 0 spiro atoms. The van der Waals surface area contributed by atoms with Crippen LogP contribution in [-0.4, -0.2) is 14.2 Å². The molecule has 0 aromatic heterocycles. The fourth-order valence-corrected chi connectivity index (χ4v) is 3.70. The molecule has 1 fully saturated rings. The van der Waals surface area contributed by atoms with Gasteiger partial charge >= 0.3 is 0 Å². The first kappa shape index (κ1) is 14.4. The van der Waals surface area contributed by atoms with Crippen LogP contribution in [0.3, 0.4) is 0 Å². The van der Waals surface area contributed by atoms with Gasteiger partial charge in [0.05, 0.1) is 7.11 Å². The molecule has 1 unspecified atom stereocenters. The highest BCUT2D eigenvalue weighted by Gasteiger charge is 2.23. The quantitative estimate of drug-likeness (QED) is 0.879. The second-order valence-electron chi connectivity index (χ2n) is 6.14. The lowest BCUT2D eigenvalue weighted by Gasteiger charge is -2.30. The minimum absolute atomic E-state index is 0.483. The van der Waals surface area contributed by atoms with Gasteiger partial charge in [-0.1, -0.05) is 37.5 Å². The van der Waals surface area contributed by atoms with Gasteiger partial charge in [-0.25, -0.2) is 0 Å². The summed E-state index contributed by atoms with van der Waals surface area (Å²) in [6.07, 6.45) is 6.88. The molecule has 1 atom stereocenters. The molecule has 112 valence electrons. The Hall–Kier alpha value is -1.54. The number of fused-ring (bicyclic) bond motifs is 1. The first-order chi connectivity index (χ1) is 10.3. The summed E-state index contributed by atoms with van der Waals surface area (Å²) in [5.41, 5.74) is 1.42. The van der Waals surface area contributed by atoms with Crippen molar-refractivity contribution in [3.63, 3.8) is 0 Å². The standard InChI is InChI=1S/C19H25NO/c1-20-19(14-6-4-3-5-7-14)17-9-8-16-13-18(21-2)11-10-15(16)12-17/h8-14,19-20H,3-7H2,1-2H3. The molecular formula is C19H25NO. The highest BCUT2D eigenvalue weighted by Crippen LogP contribution is 2.35. The maximum Gasteiger partial charge on any atom is 0.119 e. The lowest BCUT2D eigenvalue weighted by atomic mass is 9.81.